The van der Waals surface area contributed by atoms with E-state index in [-0.39, 0.29) is 12.0 Å². The lowest BCUT2D eigenvalue weighted by Gasteiger charge is -2.28. The van der Waals surface area contributed by atoms with E-state index in [0.29, 0.717) is 6.61 Å². The van der Waals surface area contributed by atoms with E-state index in [1.165, 1.54) is 32.1 Å². The van der Waals surface area contributed by atoms with Gasteiger partial charge in [0.2, 0.25) is 0 Å². The van der Waals surface area contributed by atoms with Gasteiger partial charge < -0.3 is 4.74 Å². The topological polar surface area (TPSA) is 29.5 Å². The van der Waals surface area contributed by atoms with Crippen molar-refractivity contribution in [2.45, 2.75) is 52.0 Å². The largest absolute Gasteiger partial charge is 0.465 e. The number of carbonyl (C=O) groups excluding carboxylic acids is 1. The molecule has 1 rings (SSSR count). The molecule has 1 atom stereocenters. The number of carbonyl (C=O) groups is 1. The molecule has 0 aromatic carbocycles. The quantitative estimate of drug-likeness (QED) is 0.673. The molecule has 1 fully saturated rings. The number of ether oxygens (including phenoxy) is 1. The fourth-order valence-electron chi connectivity index (χ4n) is 2.07. The number of nitrogens with zero attached hydrogens (tertiary/aromatic N) is 1. The van der Waals surface area contributed by atoms with Gasteiger partial charge in [-0.15, -0.1) is 0 Å². The van der Waals surface area contributed by atoms with E-state index in [4.69, 9.17) is 4.74 Å². The molecule has 88 valence electrons. The number of hydrogen-bond donors (Lipinski definition) is 0. The van der Waals surface area contributed by atoms with Gasteiger partial charge in [-0.2, -0.15) is 0 Å². The second-order valence-corrected chi connectivity index (χ2v) is 4.23. The Kier molecular flexibility index (Phi) is 5.69. The Morgan fingerprint density at radius 1 is 1.20 bits per heavy atom. The minimum atomic E-state index is -0.0712. The highest BCUT2D eigenvalue weighted by molar-refractivity contribution is 5.75. The molecule has 15 heavy (non-hydrogen) atoms. The molecule has 0 radical (unpaired) electrons. The van der Waals surface area contributed by atoms with Gasteiger partial charge in [-0.3, -0.25) is 9.69 Å². The summed E-state index contributed by atoms with van der Waals surface area (Å²) < 4.78 is 5.05. The minimum absolute atomic E-state index is 0.0666. The van der Waals surface area contributed by atoms with Gasteiger partial charge in [0.25, 0.3) is 0 Å². The van der Waals surface area contributed by atoms with Crippen molar-refractivity contribution in [1.82, 2.24) is 4.90 Å². The summed E-state index contributed by atoms with van der Waals surface area (Å²) in [6.45, 7) is 6.38. The Bertz CT molecular complexity index is 186. The average molecular weight is 213 g/mol. The standard InChI is InChI=1S/C12H23NO2/c1-3-15-12(14)11(2)13-9-7-5-4-6-8-10-13/h11H,3-10H2,1-2H3/t11-/m0/s1. The molecule has 0 aliphatic carbocycles. The third-order valence-electron chi connectivity index (χ3n) is 3.07. The normalized spacial score (nSPS) is 21.5. The minimum Gasteiger partial charge on any atom is -0.465 e. The predicted molar refractivity (Wildman–Crippen MR) is 60.8 cm³/mol. The monoisotopic (exact) mass is 213 g/mol. The van der Waals surface area contributed by atoms with Crippen molar-refractivity contribution in [3.8, 4) is 0 Å². The summed E-state index contributed by atoms with van der Waals surface area (Å²) in [7, 11) is 0. The highest BCUT2D eigenvalue weighted by Gasteiger charge is 2.22. The van der Waals surface area contributed by atoms with Crippen molar-refractivity contribution < 1.29 is 9.53 Å². The predicted octanol–water partition coefficient (Wildman–Crippen LogP) is 2.20. The summed E-state index contributed by atoms with van der Waals surface area (Å²) in [5.74, 6) is -0.0712. The van der Waals surface area contributed by atoms with E-state index in [1.54, 1.807) is 0 Å². The first-order valence-electron chi connectivity index (χ1n) is 6.16. The molecule has 1 heterocycles. The van der Waals surface area contributed by atoms with Crippen molar-refractivity contribution in [2.75, 3.05) is 19.7 Å². The Morgan fingerprint density at radius 3 is 2.27 bits per heavy atom. The van der Waals surface area contributed by atoms with Crippen LogP contribution in [0.4, 0.5) is 0 Å². The van der Waals surface area contributed by atoms with Gasteiger partial charge in [0.1, 0.15) is 6.04 Å². The second kappa shape index (κ2) is 6.83. The zero-order chi connectivity index (χ0) is 11.1. The lowest BCUT2D eigenvalue weighted by atomic mass is 10.1. The maximum atomic E-state index is 11.6. The van der Waals surface area contributed by atoms with Crippen molar-refractivity contribution in [2.24, 2.45) is 0 Å². The summed E-state index contributed by atoms with van der Waals surface area (Å²) in [6.07, 6.45) is 6.37. The van der Waals surface area contributed by atoms with Crippen LogP contribution in [-0.2, 0) is 9.53 Å². The molecule has 1 saturated heterocycles. The van der Waals surface area contributed by atoms with Crippen LogP contribution in [0.2, 0.25) is 0 Å². The molecule has 1 aliphatic rings. The first-order chi connectivity index (χ1) is 7.25. The molecule has 0 saturated carbocycles. The smallest absolute Gasteiger partial charge is 0.323 e. The molecule has 1 aliphatic heterocycles. The van der Waals surface area contributed by atoms with E-state index in [0.717, 1.165) is 13.1 Å². The zero-order valence-corrected chi connectivity index (χ0v) is 10.00. The van der Waals surface area contributed by atoms with Crippen LogP contribution >= 0.6 is 0 Å². The summed E-state index contributed by atoms with van der Waals surface area (Å²) in [6, 6.07) is -0.0666. The van der Waals surface area contributed by atoms with E-state index in [1.807, 2.05) is 13.8 Å². The first kappa shape index (κ1) is 12.5. The van der Waals surface area contributed by atoms with Crippen LogP contribution in [0.25, 0.3) is 0 Å². The molecule has 0 N–H and O–H groups in total. The Balaban J connectivity index is 2.40. The number of hydrogen-bond acceptors (Lipinski definition) is 3. The van der Waals surface area contributed by atoms with Crippen LogP contribution in [0.1, 0.15) is 46.0 Å². The number of esters is 1. The van der Waals surface area contributed by atoms with Gasteiger partial charge in [0, 0.05) is 0 Å². The Hall–Kier alpha value is -0.570. The van der Waals surface area contributed by atoms with Gasteiger partial charge in [0.15, 0.2) is 0 Å². The van der Waals surface area contributed by atoms with E-state index in [2.05, 4.69) is 4.90 Å². The van der Waals surface area contributed by atoms with Crippen molar-refractivity contribution in [3.05, 3.63) is 0 Å². The second-order valence-electron chi connectivity index (χ2n) is 4.23. The lowest BCUT2D eigenvalue weighted by Crippen LogP contribution is -2.41. The molecule has 3 nitrogen and oxygen atoms in total. The third-order valence-corrected chi connectivity index (χ3v) is 3.07. The highest BCUT2D eigenvalue weighted by Crippen LogP contribution is 2.13. The van der Waals surface area contributed by atoms with Gasteiger partial charge >= 0.3 is 5.97 Å². The van der Waals surface area contributed by atoms with Crippen molar-refractivity contribution in [1.29, 1.82) is 0 Å². The molecule has 3 heteroatoms. The fourth-order valence-corrected chi connectivity index (χ4v) is 2.07. The van der Waals surface area contributed by atoms with Crippen LogP contribution < -0.4 is 0 Å². The SMILES string of the molecule is CCOC(=O)[C@H](C)N1CCCCCCC1. The molecule has 0 aromatic rings. The number of rotatable bonds is 3. The number of likely N-dealkylation sites (tertiary alicyclic amines) is 1. The summed E-state index contributed by atoms with van der Waals surface area (Å²) in [5.41, 5.74) is 0. The third kappa shape index (κ3) is 4.20. The molecule has 0 aromatic heterocycles. The molecular weight excluding hydrogens is 190 g/mol. The van der Waals surface area contributed by atoms with Crippen molar-refractivity contribution >= 4 is 5.97 Å². The van der Waals surface area contributed by atoms with Gasteiger partial charge in [0.05, 0.1) is 6.61 Å². The van der Waals surface area contributed by atoms with Crippen LogP contribution in [0, 0.1) is 0 Å². The summed E-state index contributed by atoms with van der Waals surface area (Å²) in [4.78, 5) is 13.8. The Labute approximate surface area is 92.8 Å². The molecule has 0 amide bonds. The zero-order valence-electron chi connectivity index (χ0n) is 10.00. The van der Waals surface area contributed by atoms with Crippen LogP contribution in [-0.4, -0.2) is 36.6 Å². The van der Waals surface area contributed by atoms with Gasteiger partial charge in [-0.25, -0.2) is 0 Å². The Morgan fingerprint density at radius 2 is 1.73 bits per heavy atom. The highest BCUT2D eigenvalue weighted by atomic mass is 16.5. The summed E-state index contributed by atoms with van der Waals surface area (Å²) >= 11 is 0. The first-order valence-corrected chi connectivity index (χ1v) is 6.16. The maximum Gasteiger partial charge on any atom is 0.323 e. The van der Waals surface area contributed by atoms with Gasteiger partial charge in [-0.1, -0.05) is 19.3 Å². The fraction of sp³-hybridized carbons (Fsp3) is 0.917. The van der Waals surface area contributed by atoms with Gasteiger partial charge in [-0.05, 0) is 39.8 Å². The lowest BCUT2D eigenvalue weighted by molar-refractivity contribution is -0.149. The molecule has 0 unspecified atom stereocenters. The van der Waals surface area contributed by atoms with Crippen LogP contribution in [0.5, 0.6) is 0 Å². The van der Waals surface area contributed by atoms with Crippen molar-refractivity contribution in [3.63, 3.8) is 0 Å². The molecule has 0 spiro atoms. The summed E-state index contributed by atoms with van der Waals surface area (Å²) in [5, 5.41) is 0. The van der Waals surface area contributed by atoms with Crippen LogP contribution in [0.15, 0.2) is 0 Å². The maximum absolute atomic E-state index is 11.6. The van der Waals surface area contributed by atoms with E-state index < -0.39 is 0 Å². The van der Waals surface area contributed by atoms with E-state index >= 15 is 0 Å². The van der Waals surface area contributed by atoms with Crippen LogP contribution in [0.3, 0.4) is 0 Å². The molecule has 0 bridgehead atoms. The average Bonchev–Trinajstić information content (AvgIpc) is 2.16. The molecular formula is C12H23NO2. The van der Waals surface area contributed by atoms with E-state index in [9.17, 15) is 4.79 Å².